The first-order chi connectivity index (χ1) is 8.26. The van der Waals surface area contributed by atoms with Crippen LogP contribution in [0.15, 0.2) is 6.33 Å². The van der Waals surface area contributed by atoms with Gasteiger partial charge in [0.25, 0.3) is 0 Å². The van der Waals surface area contributed by atoms with Gasteiger partial charge in [-0.25, -0.2) is 4.98 Å². The molecule has 0 bridgehead atoms. The first-order valence-corrected chi connectivity index (χ1v) is 5.76. The third-order valence-corrected chi connectivity index (χ3v) is 3.19. The highest BCUT2D eigenvalue weighted by Crippen LogP contribution is 2.30. The van der Waals surface area contributed by atoms with Crippen LogP contribution in [0.4, 0.5) is 11.5 Å². The second-order valence-electron chi connectivity index (χ2n) is 4.23. The van der Waals surface area contributed by atoms with E-state index in [1.165, 1.54) is 6.33 Å². The predicted octanol–water partition coefficient (Wildman–Crippen LogP) is 0.276. The van der Waals surface area contributed by atoms with Crippen LogP contribution in [0.25, 0.3) is 0 Å². The Morgan fingerprint density at radius 3 is 2.76 bits per heavy atom. The zero-order valence-corrected chi connectivity index (χ0v) is 9.96. The van der Waals surface area contributed by atoms with Crippen LogP contribution < -0.4 is 15.4 Å². The molecule has 1 aliphatic rings. The monoisotopic (exact) mass is 238 g/mol. The van der Waals surface area contributed by atoms with Crippen molar-refractivity contribution >= 4 is 11.5 Å². The van der Waals surface area contributed by atoms with E-state index in [4.69, 9.17) is 15.6 Å². The van der Waals surface area contributed by atoms with Crippen molar-refractivity contribution < 1.29 is 9.84 Å². The van der Waals surface area contributed by atoms with Crippen molar-refractivity contribution in [2.75, 3.05) is 37.4 Å². The van der Waals surface area contributed by atoms with Crippen molar-refractivity contribution in [2.45, 2.75) is 12.8 Å². The van der Waals surface area contributed by atoms with E-state index in [1.807, 2.05) is 0 Å². The number of piperidine rings is 1. The van der Waals surface area contributed by atoms with E-state index < -0.39 is 0 Å². The Hall–Kier alpha value is -1.56. The molecule has 1 aliphatic heterocycles. The molecule has 0 amide bonds. The van der Waals surface area contributed by atoms with Gasteiger partial charge < -0.3 is 20.5 Å². The molecule has 0 atom stereocenters. The lowest BCUT2D eigenvalue weighted by Crippen LogP contribution is -2.35. The van der Waals surface area contributed by atoms with E-state index >= 15 is 0 Å². The van der Waals surface area contributed by atoms with Crippen molar-refractivity contribution in [3.63, 3.8) is 0 Å². The number of hydrogen-bond acceptors (Lipinski definition) is 6. The van der Waals surface area contributed by atoms with Crippen LogP contribution in [-0.4, -0.2) is 41.9 Å². The van der Waals surface area contributed by atoms with Gasteiger partial charge in [-0.3, -0.25) is 0 Å². The van der Waals surface area contributed by atoms with Crippen molar-refractivity contribution in [2.24, 2.45) is 5.92 Å². The molecule has 0 aromatic carbocycles. The van der Waals surface area contributed by atoms with Gasteiger partial charge in [-0.2, -0.15) is 4.98 Å². The number of ether oxygens (including phenoxy) is 1. The lowest BCUT2D eigenvalue weighted by atomic mass is 9.98. The van der Waals surface area contributed by atoms with Gasteiger partial charge in [0.2, 0.25) is 5.88 Å². The standard InChI is InChI=1S/C11H18N4O2/c1-17-11-9(12)10(13-7-14-11)15-4-2-8(6-16)3-5-15/h7-8,16H,2-6,12H2,1H3. The van der Waals surface area contributed by atoms with E-state index in [9.17, 15) is 0 Å². The van der Waals surface area contributed by atoms with Crippen LogP contribution >= 0.6 is 0 Å². The topological polar surface area (TPSA) is 84.5 Å². The van der Waals surface area contributed by atoms with Crippen LogP contribution in [0.3, 0.4) is 0 Å². The first-order valence-electron chi connectivity index (χ1n) is 5.76. The number of aliphatic hydroxyl groups excluding tert-OH is 1. The van der Waals surface area contributed by atoms with Crippen molar-refractivity contribution in [3.8, 4) is 5.88 Å². The Morgan fingerprint density at radius 2 is 2.18 bits per heavy atom. The molecule has 1 saturated heterocycles. The van der Waals surface area contributed by atoms with Gasteiger partial charge in [-0.15, -0.1) is 0 Å². The molecule has 1 fully saturated rings. The summed E-state index contributed by atoms with van der Waals surface area (Å²) in [6.45, 7) is 1.97. The summed E-state index contributed by atoms with van der Waals surface area (Å²) >= 11 is 0. The van der Waals surface area contributed by atoms with Gasteiger partial charge in [0.1, 0.15) is 12.0 Å². The highest BCUT2D eigenvalue weighted by atomic mass is 16.5. The number of aromatic nitrogens is 2. The van der Waals surface area contributed by atoms with E-state index in [0.29, 0.717) is 17.5 Å². The van der Waals surface area contributed by atoms with Crippen LogP contribution in [0.1, 0.15) is 12.8 Å². The van der Waals surface area contributed by atoms with Crippen LogP contribution in [0.5, 0.6) is 5.88 Å². The summed E-state index contributed by atoms with van der Waals surface area (Å²) in [6, 6.07) is 0. The average molecular weight is 238 g/mol. The zero-order chi connectivity index (χ0) is 12.3. The number of rotatable bonds is 3. The van der Waals surface area contributed by atoms with Crippen LogP contribution in [-0.2, 0) is 0 Å². The minimum Gasteiger partial charge on any atom is -0.479 e. The van der Waals surface area contributed by atoms with Crippen molar-refractivity contribution in [3.05, 3.63) is 6.33 Å². The molecule has 0 unspecified atom stereocenters. The largest absolute Gasteiger partial charge is 0.479 e. The van der Waals surface area contributed by atoms with Gasteiger partial charge in [0.05, 0.1) is 7.11 Å². The highest BCUT2D eigenvalue weighted by molar-refractivity contribution is 5.67. The zero-order valence-electron chi connectivity index (χ0n) is 9.96. The van der Waals surface area contributed by atoms with Gasteiger partial charge in [-0.05, 0) is 18.8 Å². The van der Waals surface area contributed by atoms with Crippen molar-refractivity contribution in [1.82, 2.24) is 9.97 Å². The Bertz CT molecular complexity index is 378. The number of anilines is 2. The molecule has 3 N–H and O–H groups in total. The molecule has 2 heterocycles. The van der Waals surface area contributed by atoms with Crippen LogP contribution in [0.2, 0.25) is 0 Å². The maximum Gasteiger partial charge on any atom is 0.242 e. The summed E-state index contributed by atoms with van der Waals surface area (Å²) in [4.78, 5) is 10.3. The van der Waals surface area contributed by atoms with Gasteiger partial charge in [0.15, 0.2) is 5.82 Å². The first kappa shape index (κ1) is 11.9. The Kier molecular flexibility index (Phi) is 3.63. The number of methoxy groups -OCH3 is 1. The molecule has 0 radical (unpaired) electrons. The molecule has 0 aliphatic carbocycles. The van der Waals surface area contributed by atoms with E-state index in [0.717, 1.165) is 31.7 Å². The number of nitrogens with zero attached hydrogens (tertiary/aromatic N) is 3. The normalized spacial score (nSPS) is 17.2. The third-order valence-electron chi connectivity index (χ3n) is 3.19. The molecule has 6 heteroatoms. The number of hydrogen-bond donors (Lipinski definition) is 2. The fourth-order valence-corrected chi connectivity index (χ4v) is 2.11. The van der Waals surface area contributed by atoms with Gasteiger partial charge in [0, 0.05) is 19.7 Å². The average Bonchev–Trinajstić information content (AvgIpc) is 2.39. The Morgan fingerprint density at radius 1 is 1.47 bits per heavy atom. The minimum absolute atomic E-state index is 0.260. The quantitative estimate of drug-likeness (QED) is 0.786. The van der Waals surface area contributed by atoms with E-state index in [2.05, 4.69) is 14.9 Å². The van der Waals surface area contributed by atoms with Gasteiger partial charge >= 0.3 is 0 Å². The minimum atomic E-state index is 0.260. The second kappa shape index (κ2) is 5.18. The SMILES string of the molecule is COc1ncnc(N2CCC(CO)CC2)c1N. The molecule has 6 nitrogen and oxygen atoms in total. The molecular weight excluding hydrogens is 220 g/mol. The fourth-order valence-electron chi connectivity index (χ4n) is 2.11. The maximum absolute atomic E-state index is 9.10. The van der Waals surface area contributed by atoms with Crippen molar-refractivity contribution in [1.29, 1.82) is 0 Å². The fraction of sp³-hybridized carbons (Fsp3) is 0.636. The predicted molar refractivity (Wildman–Crippen MR) is 65.0 cm³/mol. The molecule has 2 rings (SSSR count). The number of nitrogen functional groups attached to an aromatic ring is 1. The highest BCUT2D eigenvalue weighted by Gasteiger charge is 2.22. The summed E-state index contributed by atoms with van der Waals surface area (Å²) in [7, 11) is 1.54. The summed E-state index contributed by atoms with van der Waals surface area (Å²) in [5, 5.41) is 9.10. The molecule has 1 aromatic heterocycles. The van der Waals surface area contributed by atoms with E-state index in [-0.39, 0.29) is 6.61 Å². The molecule has 17 heavy (non-hydrogen) atoms. The number of nitrogens with two attached hydrogens (primary N) is 1. The summed E-state index contributed by atoms with van der Waals surface area (Å²) in [6.07, 6.45) is 3.38. The molecule has 1 aromatic rings. The summed E-state index contributed by atoms with van der Waals surface area (Å²) < 4.78 is 5.08. The molecule has 0 saturated carbocycles. The summed E-state index contributed by atoms with van der Waals surface area (Å²) in [5.74, 6) is 1.55. The second-order valence-corrected chi connectivity index (χ2v) is 4.23. The number of aliphatic hydroxyl groups is 1. The molecule has 0 spiro atoms. The van der Waals surface area contributed by atoms with E-state index in [1.54, 1.807) is 7.11 Å². The van der Waals surface area contributed by atoms with Gasteiger partial charge in [-0.1, -0.05) is 0 Å². The smallest absolute Gasteiger partial charge is 0.242 e. The Labute approximate surface area is 100 Å². The maximum atomic E-state index is 9.10. The third kappa shape index (κ3) is 2.41. The Balaban J connectivity index is 2.13. The molecule has 94 valence electrons. The lowest BCUT2D eigenvalue weighted by Gasteiger charge is -2.32. The van der Waals surface area contributed by atoms with Crippen LogP contribution in [0, 0.1) is 5.92 Å². The summed E-state index contributed by atoms with van der Waals surface area (Å²) in [5.41, 5.74) is 6.43. The molecular formula is C11H18N4O2. The lowest BCUT2D eigenvalue weighted by molar-refractivity contribution is 0.203.